The molecule has 6 aliphatic rings. The minimum Gasteiger partial charge on any atom is -0.492 e. The number of aryl methyl sites for hydroxylation is 2. The van der Waals surface area contributed by atoms with E-state index in [-0.39, 0.29) is 30.3 Å². The summed E-state index contributed by atoms with van der Waals surface area (Å²) in [6, 6.07) is 26.0. The van der Waals surface area contributed by atoms with Crippen molar-refractivity contribution in [1.82, 2.24) is 14.5 Å². The van der Waals surface area contributed by atoms with Crippen LogP contribution in [0.1, 0.15) is 130 Å². The Labute approximate surface area is 466 Å². The largest absolute Gasteiger partial charge is 0.492 e. The number of nitrogens with two attached hydrogens (primary N) is 1. The maximum atomic E-state index is 12.3. The van der Waals surface area contributed by atoms with E-state index in [1.54, 1.807) is 0 Å². The molecule has 2 aliphatic heterocycles. The van der Waals surface area contributed by atoms with Gasteiger partial charge in [-0.25, -0.2) is 21.6 Å². The van der Waals surface area contributed by atoms with Gasteiger partial charge in [-0.05, 0) is 198 Å². The van der Waals surface area contributed by atoms with Crippen LogP contribution in [0.25, 0.3) is 0 Å². The molecule has 73 heavy (non-hydrogen) atoms. The summed E-state index contributed by atoms with van der Waals surface area (Å²) in [4.78, 5) is 5.35. The first-order chi connectivity index (χ1) is 34.2. The van der Waals surface area contributed by atoms with Crippen LogP contribution in [0.4, 0.5) is 0 Å². The van der Waals surface area contributed by atoms with Gasteiger partial charge in [0.05, 0.1) is 30.6 Å². The molecule has 404 valence electrons. The Hall–Kier alpha value is -2.04. The second kappa shape index (κ2) is 28.0. The number of likely N-dealkylation sites (tertiary alicyclic amines) is 2. The third-order valence-corrected chi connectivity index (χ3v) is 20.9. The first kappa shape index (κ1) is 60.2. The molecule has 0 bridgehead atoms. The predicted octanol–water partition coefficient (Wildman–Crippen LogP) is 12.8. The highest BCUT2D eigenvalue weighted by atomic mass is 35.7. The minimum absolute atomic E-state index is 0. The van der Waals surface area contributed by atoms with Gasteiger partial charge in [-0.15, -0.1) is 12.4 Å². The SMILES string of the molecule is C.Cl.NCCOc1ccc2c(c1)C(Cc1ccc(Cl)c(Cl)c1)C(N1CCCC1)CC2.O=S(=O)(Cl)C1CCC1.O=S(=O)(NCCOc1ccc2c(c1)C(Cc1ccc(Cl)c(Cl)c1)C(N1CCCC1)CC2)C1CCC1. The summed E-state index contributed by atoms with van der Waals surface area (Å²) in [6.07, 6.45) is 16.6. The number of nitrogens with one attached hydrogen (secondary N) is 1. The third kappa shape index (κ3) is 16.0. The molecule has 4 aromatic rings. The van der Waals surface area contributed by atoms with Crippen molar-refractivity contribution in [2.75, 3.05) is 52.5 Å². The first-order valence-corrected chi connectivity index (χ1v) is 31.1. The Bertz CT molecular complexity index is 2650. The lowest BCUT2D eigenvalue weighted by molar-refractivity contribution is 0.188. The summed E-state index contributed by atoms with van der Waals surface area (Å²) in [5.74, 6) is 2.49. The first-order valence-electron chi connectivity index (χ1n) is 25.7. The lowest BCUT2D eigenvalue weighted by Crippen LogP contribution is -2.41. The molecule has 2 heterocycles. The fraction of sp³-hybridized carbons (Fsp3) is 0.564. The molecule has 10 rings (SSSR count). The van der Waals surface area contributed by atoms with Crippen molar-refractivity contribution in [1.29, 1.82) is 0 Å². The van der Waals surface area contributed by atoms with E-state index in [1.165, 1.54) is 78.6 Å². The molecule has 0 spiro atoms. The average molecular weight is 1160 g/mol. The van der Waals surface area contributed by atoms with Gasteiger partial charge >= 0.3 is 0 Å². The van der Waals surface area contributed by atoms with Crippen LogP contribution in [0.5, 0.6) is 11.5 Å². The van der Waals surface area contributed by atoms with Gasteiger partial charge in [-0.3, -0.25) is 9.80 Å². The monoisotopic (exact) mass is 1160 g/mol. The van der Waals surface area contributed by atoms with Gasteiger partial charge in [0.25, 0.3) is 0 Å². The van der Waals surface area contributed by atoms with Crippen molar-refractivity contribution < 1.29 is 26.3 Å². The number of ether oxygens (including phenoxy) is 2. The predicted molar refractivity (Wildman–Crippen MR) is 306 cm³/mol. The topological polar surface area (TPSA) is 131 Å². The fourth-order valence-electron chi connectivity index (χ4n) is 11.2. The Morgan fingerprint density at radius 2 is 1.00 bits per heavy atom. The van der Waals surface area contributed by atoms with Gasteiger partial charge in [-0.1, -0.05) is 90.9 Å². The maximum absolute atomic E-state index is 12.3. The number of fused-ring (bicyclic) bond motifs is 2. The van der Waals surface area contributed by atoms with Gasteiger partial charge in [0.2, 0.25) is 19.1 Å². The molecule has 4 unspecified atom stereocenters. The molecule has 0 aromatic heterocycles. The van der Waals surface area contributed by atoms with Crippen molar-refractivity contribution in [3.05, 3.63) is 126 Å². The van der Waals surface area contributed by atoms with E-state index in [0.717, 1.165) is 95.2 Å². The van der Waals surface area contributed by atoms with E-state index in [2.05, 4.69) is 57.0 Å². The number of nitrogens with zero attached hydrogens (tertiary/aromatic N) is 2. The van der Waals surface area contributed by atoms with Gasteiger partial charge < -0.3 is 15.2 Å². The number of hydrogen-bond acceptors (Lipinski definition) is 9. The normalized spacial score (nSPS) is 22.1. The highest BCUT2D eigenvalue weighted by Crippen LogP contribution is 2.42. The summed E-state index contributed by atoms with van der Waals surface area (Å²) >= 11 is 25.0. The fourth-order valence-corrected chi connectivity index (χ4v) is 14.9. The third-order valence-electron chi connectivity index (χ3n) is 15.5. The summed E-state index contributed by atoms with van der Waals surface area (Å²) in [7, 11) is -1.40. The van der Waals surface area contributed by atoms with Gasteiger partial charge in [0, 0.05) is 47.7 Å². The van der Waals surface area contributed by atoms with E-state index in [9.17, 15) is 16.8 Å². The van der Waals surface area contributed by atoms with Gasteiger partial charge in [-0.2, -0.15) is 0 Å². The molecular formula is C55H74Cl6N4O6S2. The molecule has 18 heteroatoms. The van der Waals surface area contributed by atoms with E-state index in [4.69, 9.17) is 72.3 Å². The van der Waals surface area contributed by atoms with Gasteiger partial charge in [0.15, 0.2) is 0 Å². The molecule has 4 aliphatic carbocycles. The van der Waals surface area contributed by atoms with Crippen molar-refractivity contribution in [2.45, 2.75) is 145 Å². The van der Waals surface area contributed by atoms with Crippen LogP contribution < -0.4 is 19.9 Å². The van der Waals surface area contributed by atoms with E-state index in [1.807, 2.05) is 30.3 Å². The maximum Gasteiger partial charge on any atom is 0.235 e. The molecule has 2 saturated carbocycles. The zero-order chi connectivity index (χ0) is 50.1. The smallest absolute Gasteiger partial charge is 0.235 e. The molecule has 3 N–H and O–H groups in total. The van der Waals surface area contributed by atoms with E-state index in [0.29, 0.717) is 70.3 Å². The van der Waals surface area contributed by atoms with Crippen LogP contribution in [-0.2, 0) is 44.8 Å². The number of sulfonamides is 1. The van der Waals surface area contributed by atoms with E-state index >= 15 is 0 Å². The number of benzene rings is 4. The quantitative estimate of drug-likeness (QED) is 0.0831. The Kier molecular flexibility index (Phi) is 23.1. The summed E-state index contributed by atoms with van der Waals surface area (Å²) in [5.41, 5.74) is 13.6. The van der Waals surface area contributed by atoms with Crippen molar-refractivity contribution >= 4 is 88.6 Å². The second-order valence-corrected chi connectivity index (χ2v) is 26.6. The molecule has 4 fully saturated rings. The Morgan fingerprint density at radius 1 is 0.562 bits per heavy atom. The van der Waals surface area contributed by atoms with Crippen LogP contribution >= 0.6 is 69.5 Å². The molecule has 0 amide bonds. The standard InChI is InChI=1S/C27H34Cl2N2O3S.C23H28Cl2N2O.C4H7ClO2S.CH4.ClH/c28-25-10-6-19(17-26(25)29)16-24-23-18-21(34-15-12-30-35(32,33)22-4-3-5-22)9-7-20(23)8-11-27(24)31-13-1-2-14-31;24-21-7-3-16(14-22(21)25)13-20-19-15-18(28-12-9-26)6-4-17(19)5-8-23(20)27-10-1-2-11-27;5-8(6,7)4-2-1-3-4;;/h6-7,9-10,17-18,22,24,27,30H,1-5,8,11-16H2;3-4,6-7,14-15,20,23H,1-2,5,8-13,26H2;4H,1-3H2;1H4;1H. The number of halogens is 6. The zero-order valence-corrected chi connectivity index (χ0v) is 47.1. The number of hydrogen-bond donors (Lipinski definition) is 2. The van der Waals surface area contributed by atoms with Crippen LogP contribution in [0.3, 0.4) is 0 Å². The van der Waals surface area contributed by atoms with Crippen molar-refractivity contribution in [2.24, 2.45) is 5.73 Å². The lowest BCUT2D eigenvalue weighted by Gasteiger charge is -2.39. The zero-order valence-electron chi connectivity index (χ0n) is 40.9. The van der Waals surface area contributed by atoms with Crippen LogP contribution in [0.15, 0.2) is 72.8 Å². The summed E-state index contributed by atoms with van der Waals surface area (Å²) in [5, 5.41) is 1.97. The molecule has 4 aromatic carbocycles. The molecular weight excluding hydrogens is 1090 g/mol. The van der Waals surface area contributed by atoms with Gasteiger partial charge in [0.1, 0.15) is 24.7 Å². The van der Waals surface area contributed by atoms with E-state index < -0.39 is 19.1 Å². The summed E-state index contributed by atoms with van der Waals surface area (Å²) in [6.45, 7) is 6.43. The molecule has 4 atom stereocenters. The van der Waals surface area contributed by atoms with Crippen LogP contribution in [0, 0.1) is 0 Å². The second-order valence-electron chi connectivity index (χ2n) is 20.0. The highest BCUT2D eigenvalue weighted by molar-refractivity contribution is 8.14. The average Bonchev–Trinajstić information content (AvgIpc) is 4.05. The minimum atomic E-state index is -3.21. The van der Waals surface area contributed by atoms with Crippen LogP contribution in [-0.4, -0.2) is 102 Å². The Balaban J connectivity index is 0.000000205. The van der Waals surface area contributed by atoms with Crippen molar-refractivity contribution in [3.8, 4) is 11.5 Å². The molecule has 0 radical (unpaired) electrons. The van der Waals surface area contributed by atoms with Crippen molar-refractivity contribution in [3.63, 3.8) is 0 Å². The summed E-state index contributed by atoms with van der Waals surface area (Å²) < 4.78 is 59.8. The molecule has 10 nitrogen and oxygen atoms in total. The lowest BCUT2D eigenvalue weighted by atomic mass is 9.75. The molecule has 2 saturated heterocycles. The number of rotatable bonds is 16. The Morgan fingerprint density at radius 3 is 1.37 bits per heavy atom. The van der Waals surface area contributed by atoms with Crippen LogP contribution in [0.2, 0.25) is 20.1 Å². The highest BCUT2D eigenvalue weighted by Gasteiger charge is 2.37.